The molecular formula is C20H21N7O. The van der Waals surface area contributed by atoms with Crippen LogP contribution in [0.4, 0.5) is 5.82 Å². The van der Waals surface area contributed by atoms with Gasteiger partial charge in [-0.1, -0.05) is 13.0 Å². The quantitative estimate of drug-likeness (QED) is 0.509. The lowest BCUT2D eigenvalue weighted by Crippen LogP contribution is -2.27. The molecule has 1 saturated heterocycles. The summed E-state index contributed by atoms with van der Waals surface area (Å²) in [4.78, 5) is 26.7. The second-order valence-corrected chi connectivity index (χ2v) is 7.21. The van der Waals surface area contributed by atoms with Gasteiger partial charge in [0.2, 0.25) is 5.91 Å². The van der Waals surface area contributed by atoms with Gasteiger partial charge in [-0.3, -0.25) is 9.89 Å². The maximum Gasteiger partial charge on any atom is 0.222 e. The molecular weight excluding hydrogens is 354 g/mol. The van der Waals surface area contributed by atoms with E-state index in [1.165, 1.54) is 0 Å². The first-order chi connectivity index (χ1) is 13.6. The van der Waals surface area contributed by atoms with Gasteiger partial charge < -0.3 is 15.6 Å². The van der Waals surface area contributed by atoms with Crippen LogP contribution in [-0.2, 0) is 4.79 Å². The van der Waals surface area contributed by atoms with Gasteiger partial charge in [0.15, 0.2) is 5.82 Å². The first-order valence-electron chi connectivity index (χ1n) is 9.51. The van der Waals surface area contributed by atoms with Crippen LogP contribution >= 0.6 is 0 Å². The number of rotatable bonds is 3. The van der Waals surface area contributed by atoms with Gasteiger partial charge in [0, 0.05) is 42.6 Å². The standard InChI is InChI=1S/C20H21N7O/c1-2-16(28)27-8-6-12(10-27)20-24-17-13-4-3-11(14-5-7-22-26-14)9-15(13)23-19(21)18(17)25-20/h3-5,7,9,12H,2,6,8,10H2,1H3,(H2,21,23)(H,22,26)(H,24,25). The monoisotopic (exact) mass is 375 g/mol. The third-order valence-corrected chi connectivity index (χ3v) is 5.50. The predicted octanol–water partition coefficient (Wildman–Crippen LogP) is 2.81. The van der Waals surface area contributed by atoms with Crippen molar-refractivity contribution in [2.24, 2.45) is 0 Å². The minimum atomic E-state index is 0.191. The molecule has 1 aliphatic heterocycles. The van der Waals surface area contributed by atoms with Crippen molar-refractivity contribution in [3.63, 3.8) is 0 Å². The zero-order valence-electron chi connectivity index (χ0n) is 15.6. The van der Waals surface area contributed by atoms with Crippen molar-refractivity contribution in [3.8, 4) is 11.3 Å². The van der Waals surface area contributed by atoms with Crippen LogP contribution in [0.25, 0.3) is 33.2 Å². The smallest absolute Gasteiger partial charge is 0.222 e. The first kappa shape index (κ1) is 16.7. The van der Waals surface area contributed by atoms with Gasteiger partial charge in [-0.2, -0.15) is 5.10 Å². The van der Waals surface area contributed by atoms with E-state index in [0.29, 0.717) is 24.3 Å². The largest absolute Gasteiger partial charge is 0.382 e. The van der Waals surface area contributed by atoms with E-state index in [4.69, 9.17) is 10.7 Å². The second kappa shape index (κ2) is 6.33. The number of amides is 1. The van der Waals surface area contributed by atoms with E-state index in [1.807, 2.05) is 36.1 Å². The number of fused-ring (bicyclic) bond motifs is 3. The summed E-state index contributed by atoms with van der Waals surface area (Å²) in [5.74, 6) is 1.67. The molecule has 0 radical (unpaired) electrons. The number of nitrogens with one attached hydrogen (secondary N) is 2. The van der Waals surface area contributed by atoms with Gasteiger partial charge in [-0.25, -0.2) is 9.97 Å². The molecule has 5 rings (SSSR count). The fourth-order valence-corrected chi connectivity index (χ4v) is 4.00. The number of hydrogen-bond donors (Lipinski definition) is 3. The molecule has 4 heterocycles. The van der Waals surface area contributed by atoms with Crippen LogP contribution in [0.5, 0.6) is 0 Å². The van der Waals surface area contributed by atoms with Gasteiger partial charge in [0.25, 0.3) is 0 Å². The second-order valence-electron chi connectivity index (χ2n) is 7.21. The van der Waals surface area contributed by atoms with Crippen molar-refractivity contribution in [2.45, 2.75) is 25.7 Å². The highest BCUT2D eigenvalue weighted by molar-refractivity contribution is 6.07. The number of aromatic amines is 2. The molecule has 1 atom stereocenters. The maximum absolute atomic E-state index is 12.0. The summed E-state index contributed by atoms with van der Waals surface area (Å²) in [6.45, 7) is 3.36. The van der Waals surface area contributed by atoms with E-state index in [1.54, 1.807) is 6.20 Å². The van der Waals surface area contributed by atoms with E-state index in [2.05, 4.69) is 20.2 Å². The number of benzene rings is 1. The minimum Gasteiger partial charge on any atom is -0.382 e. The molecule has 4 aromatic rings. The van der Waals surface area contributed by atoms with Gasteiger partial charge in [-0.05, 0) is 24.6 Å². The van der Waals surface area contributed by atoms with Gasteiger partial charge in [0.05, 0.1) is 16.7 Å². The molecule has 142 valence electrons. The van der Waals surface area contributed by atoms with Gasteiger partial charge in [-0.15, -0.1) is 0 Å². The topological polar surface area (TPSA) is 117 Å². The Morgan fingerprint density at radius 1 is 1.32 bits per heavy atom. The normalized spacial score (nSPS) is 17.0. The summed E-state index contributed by atoms with van der Waals surface area (Å²) in [7, 11) is 0. The van der Waals surface area contributed by atoms with Crippen molar-refractivity contribution in [2.75, 3.05) is 18.8 Å². The highest BCUT2D eigenvalue weighted by atomic mass is 16.2. The van der Waals surface area contributed by atoms with E-state index in [0.717, 1.165) is 46.5 Å². The molecule has 0 aliphatic carbocycles. The van der Waals surface area contributed by atoms with Crippen LogP contribution in [0.1, 0.15) is 31.5 Å². The summed E-state index contributed by atoms with van der Waals surface area (Å²) >= 11 is 0. The molecule has 1 fully saturated rings. The van der Waals surface area contributed by atoms with E-state index < -0.39 is 0 Å². The molecule has 28 heavy (non-hydrogen) atoms. The van der Waals surface area contributed by atoms with Crippen molar-refractivity contribution in [1.82, 2.24) is 30.0 Å². The molecule has 0 saturated carbocycles. The summed E-state index contributed by atoms with van der Waals surface area (Å²) in [5.41, 5.74) is 10.4. The highest BCUT2D eigenvalue weighted by Gasteiger charge is 2.29. The average molecular weight is 375 g/mol. The highest BCUT2D eigenvalue weighted by Crippen LogP contribution is 2.33. The molecule has 0 bridgehead atoms. The first-order valence-corrected chi connectivity index (χ1v) is 9.51. The number of hydrogen-bond acceptors (Lipinski definition) is 5. The Labute approximate surface area is 161 Å². The lowest BCUT2D eigenvalue weighted by Gasteiger charge is -2.14. The Bertz CT molecular complexity index is 1180. The van der Waals surface area contributed by atoms with Crippen LogP contribution in [0, 0.1) is 0 Å². The zero-order valence-corrected chi connectivity index (χ0v) is 15.6. The molecule has 8 nitrogen and oxygen atoms in total. The molecule has 8 heteroatoms. The molecule has 1 unspecified atom stereocenters. The number of carbonyl (C=O) groups is 1. The van der Waals surface area contributed by atoms with Gasteiger partial charge >= 0.3 is 0 Å². The number of nitrogens with zero attached hydrogens (tertiary/aromatic N) is 4. The summed E-state index contributed by atoms with van der Waals surface area (Å²) in [6, 6.07) is 7.95. The number of pyridine rings is 1. The zero-order chi connectivity index (χ0) is 19.3. The molecule has 1 aliphatic rings. The number of nitrogens with two attached hydrogens (primary N) is 1. The Kier molecular flexibility index (Phi) is 3.78. The minimum absolute atomic E-state index is 0.191. The lowest BCUT2D eigenvalue weighted by molar-refractivity contribution is -0.129. The number of aromatic nitrogens is 5. The third-order valence-electron chi connectivity index (χ3n) is 5.50. The van der Waals surface area contributed by atoms with E-state index in [9.17, 15) is 4.79 Å². The van der Waals surface area contributed by atoms with Crippen molar-refractivity contribution in [1.29, 1.82) is 0 Å². The van der Waals surface area contributed by atoms with E-state index in [-0.39, 0.29) is 11.8 Å². The predicted molar refractivity (Wildman–Crippen MR) is 108 cm³/mol. The van der Waals surface area contributed by atoms with Crippen LogP contribution in [0.15, 0.2) is 30.5 Å². The van der Waals surface area contributed by atoms with Crippen LogP contribution < -0.4 is 5.73 Å². The Morgan fingerprint density at radius 2 is 2.21 bits per heavy atom. The summed E-state index contributed by atoms with van der Waals surface area (Å²) in [5, 5.41) is 8.03. The fourth-order valence-electron chi connectivity index (χ4n) is 4.00. The molecule has 1 amide bonds. The van der Waals surface area contributed by atoms with Crippen molar-refractivity contribution < 1.29 is 4.79 Å². The van der Waals surface area contributed by atoms with Crippen LogP contribution in [0.3, 0.4) is 0 Å². The number of imidazole rings is 1. The fraction of sp³-hybridized carbons (Fsp3) is 0.300. The summed E-state index contributed by atoms with van der Waals surface area (Å²) < 4.78 is 0. The SMILES string of the molecule is CCC(=O)N1CCC(c2nc3c(N)nc4cc(-c5cc[nH]n5)ccc4c3[nH]2)C1. The molecule has 3 aromatic heterocycles. The van der Waals surface area contributed by atoms with Crippen LogP contribution in [-0.4, -0.2) is 49.0 Å². The van der Waals surface area contributed by atoms with Crippen molar-refractivity contribution >= 4 is 33.7 Å². The molecule has 4 N–H and O–H groups in total. The van der Waals surface area contributed by atoms with Gasteiger partial charge in [0.1, 0.15) is 11.3 Å². The lowest BCUT2D eigenvalue weighted by atomic mass is 10.1. The number of nitrogen functional groups attached to an aromatic ring is 1. The Morgan fingerprint density at radius 3 is 3.00 bits per heavy atom. The number of anilines is 1. The Hall–Kier alpha value is -3.42. The third kappa shape index (κ3) is 2.60. The number of carbonyl (C=O) groups excluding carboxylic acids is 1. The average Bonchev–Trinajstić information content (AvgIpc) is 3.47. The van der Waals surface area contributed by atoms with Crippen LogP contribution in [0.2, 0.25) is 0 Å². The van der Waals surface area contributed by atoms with E-state index >= 15 is 0 Å². The Balaban J connectivity index is 1.57. The molecule has 1 aromatic carbocycles. The van der Waals surface area contributed by atoms with Crippen molar-refractivity contribution in [3.05, 3.63) is 36.3 Å². The number of H-pyrrole nitrogens is 2. The molecule has 0 spiro atoms. The maximum atomic E-state index is 12.0. The summed E-state index contributed by atoms with van der Waals surface area (Å²) in [6.07, 6.45) is 3.23. The number of likely N-dealkylation sites (tertiary alicyclic amines) is 1.